The molecule has 1 aromatic rings. The molecule has 2 aliphatic rings. The van der Waals surface area contributed by atoms with Crippen molar-refractivity contribution in [2.75, 3.05) is 64.5 Å². The molecule has 2 amide bonds. The van der Waals surface area contributed by atoms with Crippen LogP contribution in [0.2, 0.25) is 0 Å². The van der Waals surface area contributed by atoms with Gasteiger partial charge in [0.2, 0.25) is 0 Å². The second kappa shape index (κ2) is 7.53. The van der Waals surface area contributed by atoms with E-state index in [1.165, 1.54) is 0 Å². The maximum atomic E-state index is 12.4. The van der Waals surface area contributed by atoms with E-state index in [-0.39, 0.29) is 0 Å². The lowest BCUT2D eigenvalue weighted by molar-refractivity contribution is -0.154. The third kappa shape index (κ3) is 3.46. The average molecular weight is 333 g/mol. The lowest BCUT2D eigenvalue weighted by Crippen LogP contribution is -2.54. The first-order valence-corrected chi connectivity index (χ1v) is 8.24. The fraction of sp³-hybridized carbons (Fsp3) is 0.529. The van der Waals surface area contributed by atoms with Crippen molar-refractivity contribution in [1.29, 1.82) is 0 Å². The second-order valence-corrected chi connectivity index (χ2v) is 5.86. The van der Waals surface area contributed by atoms with E-state index in [0.29, 0.717) is 52.5 Å². The Bertz CT molecular complexity index is 593. The number of hydrogen-bond acceptors (Lipinski definition) is 5. The summed E-state index contributed by atoms with van der Waals surface area (Å²) in [5.41, 5.74) is 1.02. The molecule has 0 aliphatic carbocycles. The van der Waals surface area contributed by atoms with Gasteiger partial charge in [-0.25, -0.2) is 0 Å². The summed E-state index contributed by atoms with van der Waals surface area (Å²) < 4.78 is 10.6. The SMILES string of the molecule is COc1ccccc1N1CCN(C(=O)C(=O)N2CCOCC2)CC1. The van der Waals surface area contributed by atoms with E-state index in [1.54, 1.807) is 16.9 Å². The molecule has 24 heavy (non-hydrogen) atoms. The van der Waals surface area contributed by atoms with Crippen LogP contribution in [0.5, 0.6) is 5.75 Å². The number of para-hydroxylation sites is 2. The molecule has 3 rings (SSSR count). The van der Waals surface area contributed by atoms with E-state index < -0.39 is 11.8 Å². The van der Waals surface area contributed by atoms with Gasteiger partial charge in [0.1, 0.15) is 5.75 Å². The molecule has 2 saturated heterocycles. The number of carbonyl (C=O) groups is 2. The molecule has 2 fully saturated rings. The Morgan fingerprint density at radius 1 is 0.917 bits per heavy atom. The number of carbonyl (C=O) groups excluding carboxylic acids is 2. The molecule has 2 heterocycles. The van der Waals surface area contributed by atoms with Crippen LogP contribution in [0, 0.1) is 0 Å². The first-order chi connectivity index (χ1) is 11.7. The van der Waals surface area contributed by atoms with Crippen molar-refractivity contribution in [3.63, 3.8) is 0 Å². The van der Waals surface area contributed by atoms with Crippen LogP contribution in [0.15, 0.2) is 24.3 Å². The summed E-state index contributed by atoms with van der Waals surface area (Å²) in [6, 6.07) is 7.84. The number of ether oxygens (including phenoxy) is 2. The highest BCUT2D eigenvalue weighted by atomic mass is 16.5. The minimum Gasteiger partial charge on any atom is -0.495 e. The number of amides is 2. The second-order valence-electron chi connectivity index (χ2n) is 5.86. The zero-order valence-electron chi connectivity index (χ0n) is 13.9. The lowest BCUT2D eigenvalue weighted by atomic mass is 10.2. The predicted octanol–water partition coefficient (Wildman–Crippen LogP) is 0.203. The summed E-state index contributed by atoms with van der Waals surface area (Å²) in [5, 5.41) is 0. The Morgan fingerprint density at radius 2 is 1.50 bits per heavy atom. The van der Waals surface area contributed by atoms with Gasteiger partial charge in [-0.3, -0.25) is 9.59 Å². The molecule has 0 atom stereocenters. The molecule has 0 N–H and O–H groups in total. The van der Waals surface area contributed by atoms with Crippen LogP contribution >= 0.6 is 0 Å². The van der Waals surface area contributed by atoms with Crippen molar-refractivity contribution in [2.24, 2.45) is 0 Å². The van der Waals surface area contributed by atoms with Crippen LogP contribution in [-0.4, -0.2) is 81.2 Å². The standard InChI is InChI=1S/C17H23N3O4/c1-23-15-5-3-2-4-14(15)18-6-8-19(9-7-18)16(21)17(22)20-10-12-24-13-11-20/h2-5H,6-13H2,1H3. The first kappa shape index (κ1) is 16.6. The smallest absolute Gasteiger partial charge is 0.312 e. The van der Waals surface area contributed by atoms with Gasteiger partial charge in [-0.15, -0.1) is 0 Å². The fourth-order valence-electron chi connectivity index (χ4n) is 3.08. The molecular formula is C17H23N3O4. The van der Waals surface area contributed by atoms with Gasteiger partial charge in [-0.1, -0.05) is 12.1 Å². The molecule has 7 heteroatoms. The molecule has 130 valence electrons. The van der Waals surface area contributed by atoms with Gasteiger partial charge in [-0.2, -0.15) is 0 Å². The van der Waals surface area contributed by atoms with E-state index in [9.17, 15) is 9.59 Å². The summed E-state index contributed by atoms with van der Waals surface area (Å²) in [6.07, 6.45) is 0. The van der Waals surface area contributed by atoms with Gasteiger partial charge in [0.25, 0.3) is 0 Å². The fourth-order valence-corrected chi connectivity index (χ4v) is 3.08. The van der Waals surface area contributed by atoms with Crippen LogP contribution in [0.1, 0.15) is 0 Å². The van der Waals surface area contributed by atoms with Gasteiger partial charge < -0.3 is 24.2 Å². The van der Waals surface area contributed by atoms with Gasteiger partial charge in [-0.05, 0) is 12.1 Å². The zero-order chi connectivity index (χ0) is 16.9. The van der Waals surface area contributed by atoms with Gasteiger partial charge in [0.15, 0.2) is 0 Å². The summed E-state index contributed by atoms with van der Waals surface area (Å²) in [4.78, 5) is 30.1. The van der Waals surface area contributed by atoms with Crippen LogP contribution in [0.4, 0.5) is 5.69 Å². The van der Waals surface area contributed by atoms with E-state index in [1.807, 2.05) is 24.3 Å². The average Bonchev–Trinajstić information content (AvgIpc) is 2.67. The molecule has 0 saturated carbocycles. The molecule has 0 spiro atoms. The number of nitrogens with zero attached hydrogens (tertiary/aromatic N) is 3. The minimum absolute atomic E-state index is 0.406. The first-order valence-electron chi connectivity index (χ1n) is 8.24. The highest BCUT2D eigenvalue weighted by Crippen LogP contribution is 2.28. The summed E-state index contributed by atoms with van der Waals surface area (Å²) >= 11 is 0. The normalized spacial score (nSPS) is 18.5. The Hall–Kier alpha value is -2.28. The highest BCUT2D eigenvalue weighted by molar-refractivity contribution is 6.34. The predicted molar refractivity (Wildman–Crippen MR) is 89.2 cm³/mol. The molecule has 1 aromatic carbocycles. The number of methoxy groups -OCH3 is 1. The van der Waals surface area contributed by atoms with Gasteiger partial charge in [0.05, 0.1) is 26.0 Å². The number of rotatable bonds is 2. The van der Waals surface area contributed by atoms with Gasteiger partial charge in [0, 0.05) is 39.3 Å². The monoisotopic (exact) mass is 333 g/mol. The van der Waals surface area contributed by atoms with Crippen molar-refractivity contribution >= 4 is 17.5 Å². The van der Waals surface area contributed by atoms with E-state index in [0.717, 1.165) is 11.4 Å². The Labute approximate surface area is 141 Å². The summed E-state index contributed by atoms with van der Waals surface area (Å²) in [6.45, 7) is 4.42. The number of benzene rings is 1. The minimum atomic E-state index is -0.413. The van der Waals surface area contributed by atoms with Crippen molar-refractivity contribution in [3.05, 3.63) is 24.3 Å². The summed E-state index contributed by atoms with van der Waals surface area (Å²) in [7, 11) is 1.65. The molecule has 2 aliphatic heterocycles. The summed E-state index contributed by atoms with van der Waals surface area (Å²) in [5.74, 6) is 0.00212. The molecule has 7 nitrogen and oxygen atoms in total. The van der Waals surface area contributed by atoms with Crippen LogP contribution in [-0.2, 0) is 14.3 Å². The topological polar surface area (TPSA) is 62.3 Å². The third-order valence-corrected chi connectivity index (χ3v) is 4.47. The van der Waals surface area contributed by atoms with Crippen molar-refractivity contribution in [2.45, 2.75) is 0 Å². The van der Waals surface area contributed by atoms with E-state index in [2.05, 4.69) is 4.90 Å². The highest BCUT2D eigenvalue weighted by Gasteiger charge is 2.30. The quantitative estimate of drug-likeness (QED) is 0.724. The number of anilines is 1. The van der Waals surface area contributed by atoms with Gasteiger partial charge >= 0.3 is 11.8 Å². The molecule has 0 unspecified atom stereocenters. The maximum Gasteiger partial charge on any atom is 0.312 e. The zero-order valence-corrected chi connectivity index (χ0v) is 13.9. The van der Waals surface area contributed by atoms with E-state index >= 15 is 0 Å². The number of piperazine rings is 1. The Balaban J connectivity index is 1.58. The van der Waals surface area contributed by atoms with Crippen LogP contribution < -0.4 is 9.64 Å². The van der Waals surface area contributed by atoms with E-state index in [4.69, 9.17) is 9.47 Å². The Kier molecular flexibility index (Phi) is 5.20. The Morgan fingerprint density at radius 3 is 2.12 bits per heavy atom. The number of morpholine rings is 1. The molecule has 0 bridgehead atoms. The lowest BCUT2D eigenvalue weighted by Gasteiger charge is -2.37. The van der Waals surface area contributed by atoms with Crippen molar-refractivity contribution < 1.29 is 19.1 Å². The third-order valence-electron chi connectivity index (χ3n) is 4.47. The molecule has 0 aromatic heterocycles. The van der Waals surface area contributed by atoms with Crippen LogP contribution in [0.25, 0.3) is 0 Å². The molecule has 0 radical (unpaired) electrons. The van der Waals surface area contributed by atoms with Crippen molar-refractivity contribution in [1.82, 2.24) is 9.80 Å². The maximum absolute atomic E-state index is 12.4. The van der Waals surface area contributed by atoms with Crippen molar-refractivity contribution in [3.8, 4) is 5.75 Å². The molecular weight excluding hydrogens is 310 g/mol. The van der Waals surface area contributed by atoms with Crippen LogP contribution in [0.3, 0.4) is 0 Å². The number of hydrogen-bond donors (Lipinski definition) is 0. The largest absolute Gasteiger partial charge is 0.495 e.